The van der Waals surface area contributed by atoms with E-state index in [1.807, 2.05) is 7.05 Å². The lowest BCUT2D eigenvalue weighted by atomic mass is 9.89. The molecule has 0 bridgehead atoms. The van der Waals surface area contributed by atoms with Gasteiger partial charge >= 0.3 is 0 Å². The highest BCUT2D eigenvalue weighted by atomic mass is 16.3. The summed E-state index contributed by atoms with van der Waals surface area (Å²) >= 11 is 0. The van der Waals surface area contributed by atoms with Crippen molar-refractivity contribution in [2.24, 2.45) is 11.8 Å². The Labute approximate surface area is 111 Å². The average Bonchev–Trinajstić information content (AvgIpc) is 2.65. The predicted octanol–water partition coefficient (Wildman–Crippen LogP) is 2.79. The van der Waals surface area contributed by atoms with E-state index >= 15 is 0 Å². The number of hydrogen-bond acceptors (Lipinski definition) is 3. The maximum absolute atomic E-state index is 5.85. The zero-order valence-electron chi connectivity index (χ0n) is 12.1. The van der Waals surface area contributed by atoms with E-state index in [9.17, 15) is 0 Å². The summed E-state index contributed by atoms with van der Waals surface area (Å²) in [7, 11) is 1.97. The van der Waals surface area contributed by atoms with E-state index in [1.165, 1.54) is 25.1 Å². The van der Waals surface area contributed by atoms with Crippen LogP contribution in [0.2, 0.25) is 0 Å². The highest BCUT2D eigenvalue weighted by Crippen LogP contribution is 2.24. The molecular weight excluding hydrogens is 224 g/mol. The van der Waals surface area contributed by atoms with Crippen molar-refractivity contribution in [3.63, 3.8) is 0 Å². The topological polar surface area (TPSA) is 28.4 Å². The van der Waals surface area contributed by atoms with Crippen LogP contribution < -0.4 is 5.32 Å². The first-order valence-corrected chi connectivity index (χ1v) is 7.05. The highest BCUT2D eigenvalue weighted by molar-refractivity contribution is 5.20. The number of piperidine rings is 1. The molecule has 0 spiro atoms. The first-order chi connectivity index (χ1) is 8.60. The summed E-state index contributed by atoms with van der Waals surface area (Å²) in [6, 6.07) is 2.20. The molecule has 0 amide bonds. The first kappa shape index (κ1) is 13.6. The summed E-state index contributed by atoms with van der Waals surface area (Å²) in [5.41, 5.74) is 1.28. The van der Waals surface area contributed by atoms with Crippen LogP contribution >= 0.6 is 0 Å². The molecule has 1 aliphatic heterocycles. The second-order valence-corrected chi connectivity index (χ2v) is 5.80. The summed E-state index contributed by atoms with van der Waals surface area (Å²) in [4.78, 5) is 2.52. The number of likely N-dealkylation sites (tertiary alicyclic amines) is 1. The van der Waals surface area contributed by atoms with Gasteiger partial charge in [0.2, 0.25) is 0 Å². The molecule has 1 aromatic heterocycles. The molecule has 2 rings (SSSR count). The third-order valence-corrected chi connectivity index (χ3v) is 4.24. The van der Waals surface area contributed by atoms with Crippen LogP contribution in [-0.4, -0.2) is 25.0 Å². The third kappa shape index (κ3) is 3.15. The Kier molecular flexibility index (Phi) is 4.46. The van der Waals surface area contributed by atoms with Crippen LogP contribution in [0.4, 0.5) is 0 Å². The Balaban J connectivity index is 1.95. The van der Waals surface area contributed by atoms with Gasteiger partial charge in [-0.15, -0.1) is 0 Å². The summed E-state index contributed by atoms with van der Waals surface area (Å²) < 4.78 is 5.85. The number of furan rings is 1. The molecule has 0 aliphatic carbocycles. The molecule has 3 nitrogen and oxygen atoms in total. The average molecular weight is 250 g/mol. The van der Waals surface area contributed by atoms with Crippen LogP contribution in [0.1, 0.15) is 37.4 Å². The number of rotatable bonds is 4. The lowest BCUT2D eigenvalue weighted by Crippen LogP contribution is -2.37. The van der Waals surface area contributed by atoms with Gasteiger partial charge < -0.3 is 9.73 Å². The summed E-state index contributed by atoms with van der Waals surface area (Å²) in [6.45, 7) is 11.0. The minimum absolute atomic E-state index is 0.798. The molecule has 1 fully saturated rings. The fourth-order valence-corrected chi connectivity index (χ4v) is 2.74. The Bertz CT molecular complexity index is 386. The quantitative estimate of drug-likeness (QED) is 0.890. The Morgan fingerprint density at radius 1 is 1.39 bits per heavy atom. The van der Waals surface area contributed by atoms with Crippen LogP contribution in [0.5, 0.6) is 0 Å². The number of aryl methyl sites for hydroxylation is 1. The zero-order chi connectivity index (χ0) is 13.1. The van der Waals surface area contributed by atoms with Crippen molar-refractivity contribution in [1.29, 1.82) is 0 Å². The molecule has 1 aliphatic rings. The van der Waals surface area contributed by atoms with E-state index in [-0.39, 0.29) is 0 Å². The summed E-state index contributed by atoms with van der Waals surface area (Å²) in [6.07, 6.45) is 1.31. The molecular formula is C15H26N2O. The number of nitrogens with one attached hydrogen (secondary N) is 1. The number of nitrogens with zero attached hydrogens (tertiary/aromatic N) is 1. The molecule has 3 heteroatoms. The molecule has 0 aromatic carbocycles. The lowest BCUT2D eigenvalue weighted by molar-refractivity contribution is 0.124. The molecule has 2 unspecified atom stereocenters. The lowest BCUT2D eigenvalue weighted by Gasteiger charge is -2.34. The molecule has 0 radical (unpaired) electrons. The van der Waals surface area contributed by atoms with Gasteiger partial charge in [0.15, 0.2) is 0 Å². The molecule has 2 heterocycles. The molecule has 1 aromatic rings. The van der Waals surface area contributed by atoms with Gasteiger partial charge in [0.25, 0.3) is 0 Å². The normalized spacial score (nSPS) is 25.6. The highest BCUT2D eigenvalue weighted by Gasteiger charge is 2.23. The van der Waals surface area contributed by atoms with Crippen molar-refractivity contribution >= 4 is 0 Å². The van der Waals surface area contributed by atoms with Gasteiger partial charge in [-0.2, -0.15) is 0 Å². The van der Waals surface area contributed by atoms with Crippen LogP contribution in [-0.2, 0) is 13.1 Å². The molecule has 0 saturated carbocycles. The van der Waals surface area contributed by atoms with Gasteiger partial charge in [-0.1, -0.05) is 13.8 Å². The van der Waals surface area contributed by atoms with E-state index in [0.29, 0.717) is 0 Å². The molecule has 1 saturated heterocycles. The first-order valence-electron chi connectivity index (χ1n) is 7.05. The second kappa shape index (κ2) is 5.89. The Morgan fingerprint density at radius 3 is 2.83 bits per heavy atom. The van der Waals surface area contributed by atoms with Gasteiger partial charge in [0.1, 0.15) is 11.5 Å². The Morgan fingerprint density at radius 2 is 2.17 bits per heavy atom. The van der Waals surface area contributed by atoms with Gasteiger partial charge in [0.05, 0.1) is 6.54 Å². The fourth-order valence-electron chi connectivity index (χ4n) is 2.74. The second-order valence-electron chi connectivity index (χ2n) is 5.80. The molecule has 2 atom stereocenters. The van der Waals surface area contributed by atoms with E-state index < -0.39 is 0 Å². The van der Waals surface area contributed by atoms with Crippen LogP contribution in [0, 0.1) is 18.8 Å². The maximum atomic E-state index is 5.85. The summed E-state index contributed by atoms with van der Waals surface area (Å²) in [5.74, 6) is 3.82. The SMILES string of the molecule is CNCc1cc(CN2CCC(C)C(C)C2)oc1C. The predicted molar refractivity (Wildman–Crippen MR) is 74.4 cm³/mol. The van der Waals surface area contributed by atoms with Crippen LogP contribution in [0.3, 0.4) is 0 Å². The minimum Gasteiger partial charge on any atom is -0.465 e. The van der Waals surface area contributed by atoms with Gasteiger partial charge in [-0.05, 0) is 44.8 Å². The van der Waals surface area contributed by atoms with E-state index in [4.69, 9.17) is 4.42 Å². The van der Waals surface area contributed by atoms with Crippen molar-refractivity contribution in [1.82, 2.24) is 10.2 Å². The monoisotopic (exact) mass is 250 g/mol. The van der Waals surface area contributed by atoms with Crippen molar-refractivity contribution in [2.75, 3.05) is 20.1 Å². The van der Waals surface area contributed by atoms with E-state index in [0.717, 1.165) is 36.4 Å². The van der Waals surface area contributed by atoms with Crippen molar-refractivity contribution < 1.29 is 4.42 Å². The van der Waals surface area contributed by atoms with E-state index in [2.05, 4.69) is 37.1 Å². The maximum Gasteiger partial charge on any atom is 0.118 e. The molecule has 1 N–H and O–H groups in total. The minimum atomic E-state index is 0.798. The largest absolute Gasteiger partial charge is 0.465 e. The van der Waals surface area contributed by atoms with Crippen molar-refractivity contribution in [3.05, 3.63) is 23.2 Å². The number of hydrogen-bond donors (Lipinski definition) is 1. The van der Waals surface area contributed by atoms with Gasteiger partial charge in [-0.3, -0.25) is 4.90 Å². The standard InChI is InChI=1S/C15H26N2O/c1-11-5-6-17(9-12(11)2)10-15-7-14(8-16-4)13(3)18-15/h7,11-12,16H,5-6,8-10H2,1-4H3. The summed E-state index contributed by atoms with van der Waals surface area (Å²) in [5, 5.41) is 3.18. The molecule has 102 valence electrons. The van der Waals surface area contributed by atoms with Crippen molar-refractivity contribution in [3.8, 4) is 0 Å². The zero-order valence-corrected chi connectivity index (χ0v) is 12.1. The van der Waals surface area contributed by atoms with Crippen molar-refractivity contribution in [2.45, 2.75) is 40.3 Å². The Hall–Kier alpha value is -0.800. The fraction of sp³-hybridized carbons (Fsp3) is 0.733. The third-order valence-electron chi connectivity index (χ3n) is 4.24. The van der Waals surface area contributed by atoms with Crippen LogP contribution in [0.15, 0.2) is 10.5 Å². The van der Waals surface area contributed by atoms with Gasteiger partial charge in [-0.25, -0.2) is 0 Å². The van der Waals surface area contributed by atoms with E-state index in [1.54, 1.807) is 0 Å². The van der Waals surface area contributed by atoms with Gasteiger partial charge in [0, 0.05) is 18.7 Å². The van der Waals surface area contributed by atoms with Crippen LogP contribution in [0.25, 0.3) is 0 Å². The smallest absolute Gasteiger partial charge is 0.118 e. The molecule has 18 heavy (non-hydrogen) atoms.